The lowest BCUT2D eigenvalue weighted by atomic mass is 10.3. The van der Waals surface area contributed by atoms with Crippen molar-refractivity contribution in [3.63, 3.8) is 0 Å². The van der Waals surface area contributed by atoms with Crippen LogP contribution < -0.4 is 10.5 Å². The summed E-state index contributed by atoms with van der Waals surface area (Å²) in [6, 6.07) is 4.06. The Morgan fingerprint density at radius 1 is 1.38 bits per heavy atom. The Morgan fingerprint density at radius 3 is 2.95 bits per heavy atom. The Bertz CT molecular complexity index is 610. The molecule has 21 heavy (non-hydrogen) atoms. The summed E-state index contributed by atoms with van der Waals surface area (Å²) >= 11 is 1.44. The van der Waals surface area contributed by atoms with Gasteiger partial charge in [0.15, 0.2) is 0 Å². The van der Waals surface area contributed by atoms with E-state index in [1.807, 2.05) is 17.7 Å². The third-order valence-corrected chi connectivity index (χ3v) is 4.36. The van der Waals surface area contributed by atoms with Gasteiger partial charge in [0.2, 0.25) is 11.0 Å². The van der Waals surface area contributed by atoms with Gasteiger partial charge in [-0.25, -0.2) is 9.67 Å². The maximum atomic E-state index is 5.84. The zero-order chi connectivity index (χ0) is 14.7. The summed E-state index contributed by atoms with van der Waals surface area (Å²) in [5, 5.41) is 13.6. The van der Waals surface area contributed by atoms with Crippen LogP contribution in [0.2, 0.25) is 0 Å². The highest BCUT2D eigenvalue weighted by Gasteiger charge is 2.22. The summed E-state index contributed by atoms with van der Waals surface area (Å²) in [4.78, 5) is 4.41. The third-order valence-electron chi connectivity index (χ3n) is 3.47. The first-order valence-corrected chi connectivity index (χ1v) is 7.94. The highest BCUT2D eigenvalue weighted by atomic mass is 32.2. The molecule has 2 N–H and O–H groups in total. The molecule has 1 aliphatic rings. The van der Waals surface area contributed by atoms with Crippen LogP contribution in [-0.2, 0) is 0 Å². The predicted octanol–water partition coefficient (Wildman–Crippen LogP) is 2.32. The van der Waals surface area contributed by atoms with Crippen molar-refractivity contribution < 1.29 is 4.74 Å². The number of anilines is 1. The second kappa shape index (κ2) is 6.30. The minimum absolute atomic E-state index is 0.405. The molecule has 0 radical (unpaired) electrons. The van der Waals surface area contributed by atoms with Crippen molar-refractivity contribution in [2.24, 2.45) is 0 Å². The Hall–Kier alpha value is -1.83. The number of tetrazole rings is 1. The van der Waals surface area contributed by atoms with Crippen LogP contribution in [0.3, 0.4) is 0 Å². The van der Waals surface area contributed by atoms with Crippen molar-refractivity contribution in [1.29, 1.82) is 0 Å². The van der Waals surface area contributed by atoms with E-state index < -0.39 is 0 Å². The summed E-state index contributed by atoms with van der Waals surface area (Å²) in [7, 11) is 0. The lowest BCUT2D eigenvalue weighted by molar-refractivity contribution is 0.326. The third kappa shape index (κ3) is 3.10. The Labute approximate surface area is 127 Å². The summed E-state index contributed by atoms with van der Waals surface area (Å²) in [6.07, 6.45) is 4.75. The number of nitrogens with zero attached hydrogens (tertiary/aromatic N) is 5. The van der Waals surface area contributed by atoms with Crippen LogP contribution in [0.15, 0.2) is 22.3 Å². The Balaban J connectivity index is 1.80. The molecule has 1 fully saturated rings. The molecule has 7 nitrogen and oxygen atoms in total. The number of nitrogens with two attached hydrogens (primary N) is 1. The van der Waals surface area contributed by atoms with Gasteiger partial charge < -0.3 is 10.5 Å². The summed E-state index contributed by atoms with van der Waals surface area (Å²) in [5.74, 6) is 0.461. The van der Waals surface area contributed by atoms with Gasteiger partial charge >= 0.3 is 0 Å². The topological polar surface area (TPSA) is 91.7 Å². The summed E-state index contributed by atoms with van der Waals surface area (Å²) in [6.45, 7) is 2.44. The van der Waals surface area contributed by atoms with E-state index in [1.54, 1.807) is 6.07 Å². The lowest BCUT2D eigenvalue weighted by Gasteiger charge is -2.11. The van der Waals surface area contributed by atoms with E-state index >= 15 is 0 Å². The molecule has 0 aromatic carbocycles. The smallest absolute Gasteiger partial charge is 0.238 e. The van der Waals surface area contributed by atoms with Gasteiger partial charge in [0.1, 0.15) is 5.03 Å². The number of pyridine rings is 1. The molecule has 1 saturated carbocycles. The molecule has 0 saturated heterocycles. The molecule has 2 aromatic heterocycles. The van der Waals surface area contributed by atoms with E-state index in [9.17, 15) is 0 Å². The molecule has 0 aliphatic heterocycles. The minimum Gasteiger partial charge on any atom is -0.476 e. The highest BCUT2D eigenvalue weighted by molar-refractivity contribution is 7.99. The molecule has 2 heterocycles. The molecular weight excluding hydrogens is 288 g/mol. The second-order valence-corrected chi connectivity index (χ2v) is 5.91. The number of hydrogen-bond donors (Lipinski definition) is 1. The number of ether oxygens (including phenoxy) is 1. The zero-order valence-electron chi connectivity index (χ0n) is 11.9. The molecule has 0 atom stereocenters. The minimum atomic E-state index is 0.405. The van der Waals surface area contributed by atoms with Crippen LogP contribution in [-0.4, -0.2) is 31.8 Å². The van der Waals surface area contributed by atoms with Gasteiger partial charge in [-0.2, -0.15) is 0 Å². The fraction of sp³-hybridized carbons (Fsp3) is 0.538. The van der Waals surface area contributed by atoms with Gasteiger partial charge in [0.05, 0.1) is 18.3 Å². The fourth-order valence-electron chi connectivity index (χ4n) is 2.47. The van der Waals surface area contributed by atoms with E-state index in [4.69, 9.17) is 10.5 Å². The molecule has 2 aromatic rings. The average molecular weight is 306 g/mol. The van der Waals surface area contributed by atoms with Crippen LogP contribution in [0.5, 0.6) is 5.88 Å². The van der Waals surface area contributed by atoms with Gasteiger partial charge in [-0.1, -0.05) is 12.8 Å². The number of nitrogen functional groups attached to an aromatic ring is 1. The molecule has 3 rings (SSSR count). The monoisotopic (exact) mass is 306 g/mol. The SMILES string of the molecule is CCOc1nc(Sc2nnnn2C2CCCC2)ccc1N. The van der Waals surface area contributed by atoms with E-state index in [0.717, 1.165) is 23.0 Å². The second-order valence-electron chi connectivity index (χ2n) is 4.92. The van der Waals surface area contributed by atoms with Crippen molar-refractivity contribution >= 4 is 17.4 Å². The molecule has 112 valence electrons. The Kier molecular flexibility index (Phi) is 4.23. The predicted molar refractivity (Wildman–Crippen MR) is 79.3 cm³/mol. The van der Waals surface area contributed by atoms with Gasteiger partial charge in [-0.3, -0.25) is 0 Å². The van der Waals surface area contributed by atoms with Crippen molar-refractivity contribution in [1.82, 2.24) is 25.2 Å². The van der Waals surface area contributed by atoms with E-state index in [1.165, 1.54) is 24.6 Å². The lowest BCUT2D eigenvalue weighted by Crippen LogP contribution is -2.08. The van der Waals surface area contributed by atoms with Gasteiger partial charge in [-0.05, 0) is 54.1 Å². The molecule has 0 bridgehead atoms. The maximum absolute atomic E-state index is 5.84. The summed E-state index contributed by atoms with van der Waals surface area (Å²) in [5.41, 5.74) is 6.37. The number of aromatic nitrogens is 5. The van der Waals surface area contributed by atoms with Crippen LogP contribution >= 0.6 is 11.8 Å². The summed E-state index contributed by atoms with van der Waals surface area (Å²) < 4.78 is 7.33. The molecule has 0 unspecified atom stereocenters. The van der Waals surface area contributed by atoms with Crippen molar-refractivity contribution in [3.8, 4) is 5.88 Å². The van der Waals surface area contributed by atoms with E-state index in [2.05, 4.69) is 20.5 Å². The van der Waals surface area contributed by atoms with Crippen molar-refractivity contribution in [2.75, 3.05) is 12.3 Å². The normalized spacial score (nSPS) is 15.5. The van der Waals surface area contributed by atoms with Crippen molar-refractivity contribution in [3.05, 3.63) is 12.1 Å². The number of hydrogen-bond acceptors (Lipinski definition) is 7. The standard InChI is InChI=1S/C13H18N6OS/c1-2-20-12-10(14)7-8-11(15-12)21-13-16-17-18-19(13)9-5-3-4-6-9/h7-9H,2-6,14H2,1H3. The van der Waals surface area contributed by atoms with Crippen LogP contribution in [0.25, 0.3) is 0 Å². The van der Waals surface area contributed by atoms with Crippen LogP contribution in [0.4, 0.5) is 5.69 Å². The van der Waals surface area contributed by atoms with Crippen molar-refractivity contribution in [2.45, 2.75) is 48.8 Å². The van der Waals surface area contributed by atoms with Gasteiger partial charge in [0, 0.05) is 0 Å². The fourth-order valence-corrected chi connectivity index (χ4v) is 3.28. The number of rotatable bonds is 5. The molecule has 8 heteroatoms. The molecule has 0 amide bonds. The van der Waals surface area contributed by atoms with Crippen LogP contribution in [0, 0.1) is 0 Å². The van der Waals surface area contributed by atoms with Crippen LogP contribution in [0.1, 0.15) is 38.6 Å². The average Bonchev–Trinajstić information content (AvgIpc) is 3.13. The Morgan fingerprint density at radius 2 is 2.19 bits per heavy atom. The highest BCUT2D eigenvalue weighted by Crippen LogP contribution is 2.34. The molecule has 0 spiro atoms. The quantitative estimate of drug-likeness (QED) is 0.906. The molecular formula is C13H18N6OS. The largest absolute Gasteiger partial charge is 0.476 e. The van der Waals surface area contributed by atoms with E-state index in [-0.39, 0.29) is 0 Å². The first-order chi connectivity index (χ1) is 10.3. The first-order valence-electron chi connectivity index (χ1n) is 7.13. The van der Waals surface area contributed by atoms with Gasteiger partial charge in [-0.15, -0.1) is 5.10 Å². The van der Waals surface area contributed by atoms with Gasteiger partial charge in [0.25, 0.3) is 0 Å². The van der Waals surface area contributed by atoms with E-state index in [0.29, 0.717) is 24.2 Å². The molecule has 1 aliphatic carbocycles. The maximum Gasteiger partial charge on any atom is 0.238 e. The zero-order valence-corrected chi connectivity index (χ0v) is 12.7. The first kappa shape index (κ1) is 14.1.